The summed E-state index contributed by atoms with van der Waals surface area (Å²) >= 11 is 15.2. The van der Waals surface area contributed by atoms with E-state index < -0.39 is 17.2 Å². The van der Waals surface area contributed by atoms with E-state index in [0.29, 0.717) is 19.8 Å². The fourth-order valence-electron chi connectivity index (χ4n) is 1.23. The Balaban J connectivity index is 0.000000481. The highest BCUT2D eigenvalue weighted by Gasteiger charge is 2.11. The van der Waals surface area contributed by atoms with Crippen LogP contribution in [0.25, 0.3) is 0 Å². The molecule has 26 heavy (non-hydrogen) atoms. The Kier molecular flexibility index (Phi) is 20.1. The highest BCUT2D eigenvalue weighted by Crippen LogP contribution is 2.43. The summed E-state index contributed by atoms with van der Waals surface area (Å²) in [5.74, 6) is 0. The normalized spacial score (nSPS) is 12.5. The molecule has 0 unspecified atom stereocenters. The Bertz CT molecular complexity index is 462. The van der Waals surface area contributed by atoms with Crippen LogP contribution < -0.4 is 0 Å². The third kappa shape index (κ3) is 15.3. The maximum atomic E-state index is 5.16. The minimum atomic E-state index is -1.65. The predicted molar refractivity (Wildman–Crippen MR) is 107 cm³/mol. The van der Waals surface area contributed by atoms with Crippen molar-refractivity contribution in [1.82, 2.24) is 0 Å². The molecule has 0 bridgehead atoms. The van der Waals surface area contributed by atoms with Gasteiger partial charge < -0.3 is 13.6 Å². The fourth-order valence-corrected chi connectivity index (χ4v) is 2.89. The van der Waals surface area contributed by atoms with Gasteiger partial charge in [-0.3, -0.25) is 0 Å². The zero-order chi connectivity index (χ0) is 19.5. The Morgan fingerprint density at radius 1 is 0.769 bits per heavy atom. The first-order valence-electron chi connectivity index (χ1n) is 7.33. The van der Waals surface area contributed by atoms with Crippen molar-refractivity contribution in [3.05, 3.63) is 60.2 Å². The van der Waals surface area contributed by atoms with E-state index in [0.717, 1.165) is 5.56 Å². The van der Waals surface area contributed by atoms with Crippen molar-refractivity contribution >= 4 is 52.8 Å². The van der Waals surface area contributed by atoms with Crippen molar-refractivity contribution in [2.45, 2.75) is 20.5 Å². The van der Waals surface area contributed by atoms with Crippen molar-refractivity contribution in [3.8, 4) is 0 Å². The number of allylic oxidation sites excluding steroid dienone is 2. The van der Waals surface area contributed by atoms with Gasteiger partial charge in [-0.15, -0.1) is 0 Å². The zero-order valence-corrected chi connectivity index (χ0v) is 18.4. The molecular formula is C15H21Cl3O6P2. The first kappa shape index (κ1) is 26.2. The van der Waals surface area contributed by atoms with Crippen molar-refractivity contribution in [2.75, 3.05) is 13.2 Å². The Hall–Kier alpha value is 0.190. The van der Waals surface area contributed by atoms with Crippen LogP contribution in [-0.4, -0.2) is 13.2 Å². The summed E-state index contributed by atoms with van der Waals surface area (Å²) in [6.07, 6.45) is 7.47. The SMILES string of the molecule is CC=CCOP(OCl)OCC=CC.ClOP(OCl)OCc1ccccc1. The predicted octanol–water partition coefficient (Wildman–Crippen LogP) is 7.34. The molecule has 0 aliphatic rings. The molecule has 0 aliphatic heterocycles. The first-order chi connectivity index (χ1) is 12.7. The Morgan fingerprint density at radius 2 is 1.27 bits per heavy atom. The largest absolute Gasteiger partial charge is 0.368 e. The summed E-state index contributed by atoms with van der Waals surface area (Å²) in [5.41, 5.74) is 0.998. The van der Waals surface area contributed by atoms with Crippen molar-refractivity contribution in [1.29, 1.82) is 0 Å². The van der Waals surface area contributed by atoms with Gasteiger partial charge in [0.2, 0.25) is 0 Å². The van der Waals surface area contributed by atoms with Gasteiger partial charge in [0.05, 0.1) is 55.4 Å². The molecule has 0 saturated heterocycles. The number of halogens is 3. The lowest BCUT2D eigenvalue weighted by atomic mass is 10.2. The van der Waals surface area contributed by atoms with Crippen molar-refractivity contribution in [2.24, 2.45) is 0 Å². The molecule has 1 aromatic rings. The van der Waals surface area contributed by atoms with Crippen LogP contribution in [0.2, 0.25) is 0 Å². The fraction of sp³-hybridized carbons (Fsp3) is 0.333. The molecule has 6 nitrogen and oxygen atoms in total. The summed E-state index contributed by atoms with van der Waals surface area (Å²) in [4.78, 5) is 0. The number of rotatable bonds is 12. The zero-order valence-electron chi connectivity index (χ0n) is 14.3. The van der Waals surface area contributed by atoms with E-state index in [1.807, 2.05) is 68.5 Å². The van der Waals surface area contributed by atoms with Gasteiger partial charge in [-0.1, -0.05) is 54.6 Å². The minimum Gasteiger partial charge on any atom is -0.307 e. The summed E-state index contributed by atoms with van der Waals surface area (Å²) in [6, 6.07) is 9.56. The second-order valence-electron chi connectivity index (χ2n) is 4.14. The first-order valence-corrected chi connectivity index (χ1v) is 10.4. The Morgan fingerprint density at radius 3 is 1.69 bits per heavy atom. The molecule has 1 aromatic carbocycles. The lowest BCUT2D eigenvalue weighted by Gasteiger charge is -2.09. The molecule has 11 heteroatoms. The molecular weight excluding hydrogens is 444 g/mol. The molecule has 0 fully saturated rings. The van der Waals surface area contributed by atoms with Gasteiger partial charge >= 0.3 is 17.2 Å². The number of hydrogen-bond acceptors (Lipinski definition) is 6. The van der Waals surface area contributed by atoms with Gasteiger partial charge in [0.25, 0.3) is 0 Å². The summed E-state index contributed by atoms with van der Waals surface area (Å²) in [5, 5.41) is 0. The van der Waals surface area contributed by atoms with Crippen LogP contribution in [0.3, 0.4) is 0 Å². The van der Waals surface area contributed by atoms with Crippen LogP contribution in [0.5, 0.6) is 0 Å². The molecule has 148 valence electrons. The summed E-state index contributed by atoms with van der Waals surface area (Å²) in [6.45, 7) is 5.07. The third-order valence-corrected chi connectivity index (χ3v) is 4.78. The molecule has 0 radical (unpaired) electrons. The van der Waals surface area contributed by atoms with Gasteiger partial charge in [-0.2, -0.15) is 12.2 Å². The van der Waals surface area contributed by atoms with Crippen LogP contribution in [0.1, 0.15) is 19.4 Å². The molecule has 0 atom stereocenters. The lowest BCUT2D eigenvalue weighted by molar-refractivity contribution is 0.243. The molecule has 0 aliphatic carbocycles. The maximum Gasteiger partial charge on any atom is 0.368 e. The average Bonchev–Trinajstić information content (AvgIpc) is 2.69. The second-order valence-corrected chi connectivity index (χ2v) is 7.47. The molecule has 1 rings (SSSR count). The van der Waals surface area contributed by atoms with E-state index in [2.05, 4.69) is 12.2 Å². The summed E-state index contributed by atoms with van der Waals surface area (Å²) in [7, 11) is -3.07. The van der Waals surface area contributed by atoms with E-state index >= 15 is 0 Å². The lowest BCUT2D eigenvalue weighted by Crippen LogP contribution is -1.91. The van der Waals surface area contributed by atoms with Crippen LogP contribution in [-0.2, 0) is 32.4 Å². The van der Waals surface area contributed by atoms with Gasteiger partial charge in [-0.25, -0.2) is 0 Å². The van der Waals surface area contributed by atoms with Crippen molar-refractivity contribution in [3.63, 3.8) is 0 Å². The molecule has 0 amide bonds. The Labute approximate surface area is 172 Å². The van der Waals surface area contributed by atoms with E-state index in [4.69, 9.17) is 49.2 Å². The van der Waals surface area contributed by atoms with Crippen LogP contribution in [0, 0.1) is 0 Å². The third-order valence-electron chi connectivity index (χ3n) is 2.37. The smallest absolute Gasteiger partial charge is 0.307 e. The van der Waals surface area contributed by atoms with Gasteiger partial charge in [-0.05, 0) is 19.4 Å². The molecule has 0 saturated carbocycles. The standard InChI is InChI=1S/C8H14ClO3P.C7H7Cl2O3P/c1-3-5-7-10-13(12-9)11-8-6-4-2;8-11-13(12-9)10-6-7-4-2-1-3-5-7/h3-6H,7-8H2,1-2H3;1-5H,6H2. The molecule has 0 spiro atoms. The average molecular weight is 466 g/mol. The quantitative estimate of drug-likeness (QED) is 0.238. The topological polar surface area (TPSA) is 55.4 Å². The van der Waals surface area contributed by atoms with Crippen LogP contribution >= 0.6 is 52.8 Å². The van der Waals surface area contributed by atoms with Gasteiger partial charge in [0, 0.05) is 0 Å². The monoisotopic (exact) mass is 464 g/mol. The van der Waals surface area contributed by atoms with Gasteiger partial charge in [0.15, 0.2) is 0 Å². The van der Waals surface area contributed by atoms with Gasteiger partial charge in [0.1, 0.15) is 0 Å². The molecule has 0 N–H and O–H groups in total. The second kappa shape index (κ2) is 19.9. The van der Waals surface area contributed by atoms with E-state index in [1.165, 1.54) is 0 Å². The molecule has 0 aromatic heterocycles. The van der Waals surface area contributed by atoms with E-state index in [1.54, 1.807) is 0 Å². The molecule has 0 heterocycles. The highest BCUT2D eigenvalue weighted by atomic mass is 35.5. The van der Waals surface area contributed by atoms with Crippen molar-refractivity contribution < 1.29 is 25.8 Å². The number of hydrogen-bond donors (Lipinski definition) is 0. The summed E-state index contributed by atoms with van der Waals surface area (Å²) < 4.78 is 28.4. The van der Waals surface area contributed by atoms with E-state index in [9.17, 15) is 0 Å². The number of benzene rings is 1. The van der Waals surface area contributed by atoms with Crippen LogP contribution in [0.15, 0.2) is 54.6 Å². The highest BCUT2D eigenvalue weighted by molar-refractivity contribution is 7.43. The van der Waals surface area contributed by atoms with Crippen LogP contribution in [0.4, 0.5) is 0 Å². The maximum absolute atomic E-state index is 5.16. The minimum absolute atomic E-state index is 0.353. The van der Waals surface area contributed by atoms with E-state index in [-0.39, 0.29) is 0 Å².